The average Bonchev–Trinajstić information content (AvgIpc) is 2.26. The van der Waals surface area contributed by atoms with Crippen LogP contribution in [0.4, 0.5) is 4.39 Å². The topological polar surface area (TPSA) is 23.8 Å². The Morgan fingerprint density at radius 1 is 0.944 bits per heavy atom. The Bertz CT molecular complexity index is 479. The smallest absolute Gasteiger partial charge is 0.144 e. The number of benzene rings is 1. The molecular weight excluding hydrogens is 225 g/mol. The fourth-order valence-electron chi connectivity index (χ4n) is 2.48. The molecule has 0 atom stereocenters. The lowest BCUT2D eigenvalue weighted by atomic mass is 9.81. The molecule has 98 valence electrons. The molecule has 0 radical (unpaired) electrons. The van der Waals surface area contributed by atoms with Crippen LogP contribution in [0.3, 0.4) is 0 Å². The third kappa shape index (κ3) is 2.56. The van der Waals surface area contributed by atoms with Gasteiger partial charge in [-0.05, 0) is 40.5 Å². The van der Waals surface area contributed by atoms with Gasteiger partial charge in [0.05, 0.1) is 5.56 Å². The molecule has 1 aromatic rings. The van der Waals surface area contributed by atoms with E-state index >= 15 is 0 Å². The third-order valence-corrected chi connectivity index (χ3v) is 3.27. The van der Waals surface area contributed by atoms with Gasteiger partial charge in [0.1, 0.15) is 11.9 Å². The number of hydrogen-bond acceptors (Lipinski definition) is 1. The Labute approximate surface area is 110 Å². The summed E-state index contributed by atoms with van der Waals surface area (Å²) >= 11 is 0. The Hall–Kier alpha value is -1.36. The summed E-state index contributed by atoms with van der Waals surface area (Å²) in [6, 6.07) is 3.70. The molecule has 0 aliphatic heterocycles. The summed E-state index contributed by atoms with van der Waals surface area (Å²) in [7, 11) is 0. The monoisotopic (exact) mass is 247 g/mol. The van der Waals surface area contributed by atoms with Crippen molar-refractivity contribution in [2.75, 3.05) is 0 Å². The summed E-state index contributed by atoms with van der Waals surface area (Å²) < 4.78 is 14.4. The van der Waals surface area contributed by atoms with Crippen molar-refractivity contribution < 1.29 is 4.39 Å². The van der Waals surface area contributed by atoms with E-state index < -0.39 is 0 Å². The van der Waals surface area contributed by atoms with E-state index in [0.717, 1.165) is 11.1 Å². The summed E-state index contributed by atoms with van der Waals surface area (Å²) in [5.74, 6) is 0.323. The molecule has 0 aromatic heterocycles. The van der Waals surface area contributed by atoms with Crippen molar-refractivity contribution in [2.45, 2.75) is 59.3 Å². The first-order valence-electron chi connectivity index (χ1n) is 6.57. The Kier molecular flexibility index (Phi) is 4.51. The van der Waals surface area contributed by atoms with E-state index in [1.807, 2.05) is 19.9 Å². The number of rotatable bonds is 3. The van der Waals surface area contributed by atoms with Crippen LogP contribution in [0.1, 0.15) is 81.5 Å². The second kappa shape index (κ2) is 5.52. The first-order valence-corrected chi connectivity index (χ1v) is 6.57. The molecule has 0 saturated heterocycles. The van der Waals surface area contributed by atoms with E-state index in [4.69, 9.17) is 5.26 Å². The minimum atomic E-state index is -0.333. The van der Waals surface area contributed by atoms with E-state index in [1.165, 1.54) is 0 Å². The van der Waals surface area contributed by atoms with Gasteiger partial charge in [0.25, 0.3) is 0 Å². The van der Waals surface area contributed by atoms with Crippen LogP contribution in [-0.2, 0) is 0 Å². The molecule has 0 aliphatic carbocycles. The number of nitrogens with zero attached hydrogens (tertiary/aromatic N) is 1. The molecule has 0 saturated carbocycles. The number of nitriles is 1. The lowest BCUT2D eigenvalue weighted by molar-refractivity contribution is 0.582. The van der Waals surface area contributed by atoms with Crippen LogP contribution >= 0.6 is 0 Å². The maximum Gasteiger partial charge on any atom is 0.144 e. The molecule has 0 N–H and O–H groups in total. The zero-order valence-corrected chi connectivity index (χ0v) is 12.1. The van der Waals surface area contributed by atoms with Crippen LogP contribution in [0.25, 0.3) is 0 Å². The van der Waals surface area contributed by atoms with Crippen LogP contribution in [0.5, 0.6) is 0 Å². The highest BCUT2D eigenvalue weighted by Crippen LogP contribution is 2.36. The van der Waals surface area contributed by atoms with Gasteiger partial charge in [0.15, 0.2) is 0 Å². The van der Waals surface area contributed by atoms with Crippen molar-refractivity contribution in [3.63, 3.8) is 0 Å². The molecule has 18 heavy (non-hydrogen) atoms. The summed E-state index contributed by atoms with van der Waals surface area (Å²) in [5.41, 5.74) is 3.07. The molecule has 0 heterocycles. The lowest BCUT2D eigenvalue weighted by Crippen LogP contribution is -2.10. The highest BCUT2D eigenvalue weighted by Gasteiger charge is 2.23. The fraction of sp³-hybridized carbons (Fsp3) is 0.562. The zero-order valence-electron chi connectivity index (χ0n) is 12.1. The molecule has 0 fully saturated rings. The standard InChI is InChI=1S/C16H22FN/c1-9(2)13-7-12(8-18)16(17)15(11(5)6)14(13)10(3)4/h7,9-11H,1-6H3. The molecule has 0 bridgehead atoms. The van der Waals surface area contributed by atoms with Gasteiger partial charge in [-0.2, -0.15) is 5.26 Å². The van der Waals surface area contributed by atoms with Gasteiger partial charge in [0.2, 0.25) is 0 Å². The molecule has 1 aromatic carbocycles. The Morgan fingerprint density at radius 2 is 1.44 bits per heavy atom. The van der Waals surface area contributed by atoms with E-state index in [9.17, 15) is 4.39 Å². The van der Waals surface area contributed by atoms with Gasteiger partial charge < -0.3 is 0 Å². The van der Waals surface area contributed by atoms with Crippen molar-refractivity contribution >= 4 is 0 Å². The Balaban J connectivity index is 3.74. The number of hydrogen-bond donors (Lipinski definition) is 0. The maximum absolute atomic E-state index is 14.4. The summed E-state index contributed by atoms with van der Waals surface area (Å²) in [4.78, 5) is 0. The second-order valence-corrected chi connectivity index (χ2v) is 5.73. The average molecular weight is 247 g/mol. The predicted molar refractivity (Wildman–Crippen MR) is 73.4 cm³/mol. The van der Waals surface area contributed by atoms with Gasteiger partial charge in [-0.25, -0.2) is 4.39 Å². The number of halogens is 1. The largest absolute Gasteiger partial charge is 0.205 e. The van der Waals surface area contributed by atoms with Crippen LogP contribution in [-0.4, -0.2) is 0 Å². The van der Waals surface area contributed by atoms with Crippen LogP contribution in [0.15, 0.2) is 6.07 Å². The van der Waals surface area contributed by atoms with E-state index in [-0.39, 0.29) is 23.2 Å². The summed E-state index contributed by atoms with van der Waals surface area (Å²) in [6.07, 6.45) is 0. The van der Waals surface area contributed by atoms with Gasteiger partial charge in [-0.3, -0.25) is 0 Å². The first kappa shape index (κ1) is 14.7. The predicted octanol–water partition coefficient (Wildman–Crippen LogP) is 5.07. The second-order valence-electron chi connectivity index (χ2n) is 5.73. The van der Waals surface area contributed by atoms with Crippen molar-refractivity contribution in [2.24, 2.45) is 0 Å². The van der Waals surface area contributed by atoms with Crippen molar-refractivity contribution in [1.29, 1.82) is 5.26 Å². The van der Waals surface area contributed by atoms with Crippen molar-refractivity contribution in [3.05, 3.63) is 34.1 Å². The van der Waals surface area contributed by atoms with E-state index in [0.29, 0.717) is 11.5 Å². The fourth-order valence-corrected chi connectivity index (χ4v) is 2.48. The summed E-state index contributed by atoms with van der Waals surface area (Å²) in [6.45, 7) is 12.3. The van der Waals surface area contributed by atoms with Gasteiger partial charge in [-0.15, -0.1) is 0 Å². The molecule has 0 spiro atoms. The third-order valence-electron chi connectivity index (χ3n) is 3.27. The van der Waals surface area contributed by atoms with Crippen LogP contribution in [0, 0.1) is 17.1 Å². The zero-order chi connectivity index (χ0) is 14.0. The molecule has 0 amide bonds. The van der Waals surface area contributed by atoms with Crippen molar-refractivity contribution in [1.82, 2.24) is 0 Å². The van der Waals surface area contributed by atoms with Gasteiger partial charge in [-0.1, -0.05) is 41.5 Å². The molecular formula is C16H22FN. The molecule has 1 rings (SSSR count). The minimum absolute atomic E-state index is 0.0909. The van der Waals surface area contributed by atoms with Crippen LogP contribution in [0.2, 0.25) is 0 Å². The van der Waals surface area contributed by atoms with Crippen molar-refractivity contribution in [3.8, 4) is 6.07 Å². The normalized spacial score (nSPS) is 11.4. The molecule has 1 nitrogen and oxygen atoms in total. The molecule has 2 heteroatoms. The molecule has 0 unspecified atom stereocenters. The minimum Gasteiger partial charge on any atom is -0.205 e. The Morgan fingerprint density at radius 3 is 1.78 bits per heavy atom. The SMILES string of the molecule is CC(C)c1cc(C#N)c(F)c(C(C)C)c1C(C)C. The first-order chi connectivity index (χ1) is 8.31. The quantitative estimate of drug-likeness (QED) is 0.731. The maximum atomic E-state index is 14.4. The highest BCUT2D eigenvalue weighted by atomic mass is 19.1. The van der Waals surface area contributed by atoms with E-state index in [2.05, 4.69) is 27.7 Å². The van der Waals surface area contributed by atoms with Crippen LogP contribution < -0.4 is 0 Å². The highest BCUT2D eigenvalue weighted by molar-refractivity contribution is 5.49. The molecule has 0 aliphatic rings. The lowest BCUT2D eigenvalue weighted by Gasteiger charge is -2.23. The van der Waals surface area contributed by atoms with Gasteiger partial charge in [0, 0.05) is 0 Å². The van der Waals surface area contributed by atoms with Gasteiger partial charge >= 0.3 is 0 Å². The summed E-state index contributed by atoms with van der Waals surface area (Å²) in [5, 5.41) is 9.07. The van der Waals surface area contributed by atoms with E-state index in [1.54, 1.807) is 6.07 Å².